The maximum atomic E-state index is 6.37. The molecule has 2 heterocycles. The van der Waals surface area contributed by atoms with Crippen LogP contribution in [0, 0.1) is 0 Å². The van der Waals surface area contributed by atoms with E-state index in [0.717, 1.165) is 28.6 Å². The van der Waals surface area contributed by atoms with Crippen LogP contribution in [0.2, 0.25) is 0 Å². The third-order valence-electron chi connectivity index (χ3n) is 4.45. The molecule has 5 heteroatoms. The van der Waals surface area contributed by atoms with Crippen molar-refractivity contribution in [2.24, 2.45) is 0 Å². The summed E-state index contributed by atoms with van der Waals surface area (Å²) in [5, 5.41) is 4.29. The van der Waals surface area contributed by atoms with Gasteiger partial charge < -0.3 is 19.7 Å². The van der Waals surface area contributed by atoms with Crippen LogP contribution in [0.15, 0.2) is 18.2 Å². The molecule has 1 N–H and O–H groups in total. The average molecular weight is 290 g/mol. The van der Waals surface area contributed by atoms with Crippen LogP contribution in [-0.2, 0) is 0 Å². The molecule has 4 rings (SSSR count). The topological polar surface area (TPSA) is 33.7 Å². The van der Waals surface area contributed by atoms with Crippen molar-refractivity contribution in [2.45, 2.75) is 44.0 Å². The number of fused-ring (bicyclic) bond motifs is 4. The standard InChI is InChI=1S/C15H18N2O2S/c1-15-8-11(16-14(20)17(15)9-6-7-9)10-4-3-5-12(18-2)13(10)19-15/h3-5,9,11H,6-8H2,1-2H3,(H,16,20). The molecule has 0 radical (unpaired) electrons. The Bertz CT molecular complexity index is 587. The molecule has 0 spiro atoms. The number of rotatable bonds is 2. The highest BCUT2D eigenvalue weighted by Crippen LogP contribution is 2.50. The van der Waals surface area contributed by atoms with E-state index in [1.54, 1.807) is 7.11 Å². The monoisotopic (exact) mass is 290 g/mol. The van der Waals surface area contributed by atoms with Gasteiger partial charge in [-0.2, -0.15) is 0 Å². The quantitative estimate of drug-likeness (QED) is 0.847. The summed E-state index contributed by atoms with van der Waals surface area (Å²) < 4.78 is 11.8. The van der Waals surface area contributed by atoms with Crippen molar-refractivity contribution >= 4 is 17.3 Å². The third kappa shape index (κ3) is 1.62. The van der Waals surface area contributed by atoms with Gasteiger partial charge >= 0.3 is 0 Å². The normalized spacial score (nSPS) is 31.2. The molecule has 2 bridgehead atoms. The lowest BCUT2D eigenvalue weighted by Crippen LogP contribution is -2.65. The summed E-state index contributed by atoms with van der Waals surface area (Å²) in [6, 6.07) is 6.77. The summed E-state index contributed by atoms with van der Waals surface area (Å²) in [6.07, 6.45) is 3.30. The van der Waals surface area contributed by atoms with Crippen LogP contribution < -0.4 is 14.8 Å². The largest absolute Gasteiger partial charge is 0.493 e. The Labute approximate surface area is 124 Å². The van der Waals surface area contributed by atoms with E-state index in [1.807, 2.05) is 12.1 Å². The number of hydrogen-bond acceptors (Lipinski definition) is 3. The predicted octanol–water partition coefficient (Wildman–Crippen LogP) is 2.59. The van der Waals surface area contributed by atoms with Crippen molar-refractivity contribution < 1.29 is 9.47 Å². The van der Waals surface area contributed by atoms with Crippen molar-refractivity contribution in [3.05, 3.63) is 23.8 Å². The molecule has 1 aliphatic carbocycles. The van der Waals surface area contributed by atoms with E-state index in [-0.39, 0.29) is 11.8 Å². The van der Waals surface area contributed by atoms with Gasteiger partial charge in [-0.15, -0.1) is 0 Å². The van der Waals surface area contributed by atoms with Gasteiger partial charge in [-0.25, -0.2) is 0 Å². The first-order valence-electron chi connectivity index (χ1n) is 7.08. The van der Waals surface area contributed by atoms with Crippen LogP contribution in [0.1, 0.15) is 37.8 Å². The number of hydrogen-bond donors (Lipinski definition) is 1. The first-order valence-corrected chi connectivity index (χ1v) is 7.49. The second-order valence-electron chi connectivity index (χ2n) is 5.96. The molecule has 20 heavy (non-hydrogen) atoms. The van der Waals surface area contributed by atoms with Gasteiger partial charge in [0.2, 0.25) is 0 Å². The Morgan fingerprint density at radius 3 is 2.95 bits per heavy atom. The molecule has 0 amide bonds. The molecule has 106 valence electrons. The zero-order valence-corrected chi connectivity index (χ0v) is 12.5. The Balaban J connectivity index is 1.82. The molecule has 0 aromatic heterocycles. The first-order chi connectivity index (χ1) is 9.62. The molecule has 2 aliphatic heterocycles. The van der Waals surface area contributed by atoms with Crippen molar-refractivity contribution in [3.63, 3.8) is 0 Å². The summed E-state index contributed by atoms with van der Waals surface area (Å²) in [7, 11) is 1.68. The molecule has 1 saturated carbocycles. The maximum Gasteiger partial charge on any atom is 0.184 e. The number of nitrogens with zero attached hydrogens (tertiary/aromatic N) is 1. The fraction of sp³-hybridized carbons (Fsp3) is 0.533. The Hall–Kier alpha value is -1.49. The van der Waals surface area contributed by atoms with Crippen molar-refractivity contribution in [3.8, 4) is 11.5 Å². The molecular formula is C15H18N2O2S. The lowest BCUT2D eigenvalue weighted by atomic mass is 9.90. The Morgan fingerprint density at radius 1 is 1.45 bits per heavy atom. The SMILES string of the molecule is COc1cccc2c1OC1(C)CC2NC(=S)N1C1CC1. The van der Waals surface area contributed by atoms with Crippen LogP contribution in [0.4, 0.5) is 0 Å². The number of para-hydroxylation sites is 1. The highest BCUT2D eigenvalue weighted by molar-refractivity contribution is 7.80. The first kappa shape index (κ1) is 12.3. The Morgan fingerprint density at radius 2 is 2.25 bits per heavy atom. The van der Waals surface area contributed by atoms with Gasteiger partial charge in [0, 0.05) is 18.0 Å². The highest BCUT2D eigenvalue weighted by atomic mass is 32.1. The molecular weight excluding hydrogens is 272 g/mol. The van der Waals surface area contributed by atoms with E-state index >= 15 is 0 Å². The minimum absolute atomic E-state index is 0.210. The summed E-state index contributed by atoms with van der Waals surface area (Å²) >= 11 is 5.56. The highest BCUT2D eigenvalue weighted by Gasteiger charge is 2.52. The van der Waals surface area contributed by atoms with Crippen LogP contribution in [0.5, 0.6) is 11.5 Å². The number of ether oxygens (including phenoxy) is 2. The van der Waals surface area contributed by atoms with Crippen LogP contribution in [0.3, 0.4) is 0 Å². The predicted molar refractivity (Wildman–Crippen MR) is 80.0 cm³/mol. The van der Waals surface area contributed by atoms with E-state index in [1.165, 1.54) is 12.8 Å². The summed E-state index contributed by atoms with van der Waals surface area (Å²) in [4.78, 5) is 2.24. The van der Waals surface area contributed by atoms with Crippen molar-refractivity contribution in [1.82, 2.24) is 10.2 Å². The van der Waals surface area contributed by atoms with E-state index < -0.39 is 0 Å². The average Bonchev–Trinajstić information content (AvgIpc) is 3.21. The van der Waals surface area contributed by atoms with Gasteiger partial charge in [-0.1, -0.05) is 12.1 Å². The summed E-state index contributed by atoms with van der Waals surface area (Å²) in [6.45, 7) is 2.14. The van der Waals surface area contributed by atoms with Crippen molar-refractivity contribution in [1.29, 1.82) is 0 Å². The van der Waals surface area contributed by atoms with Gasteiger partial charge in [0.1, 0.15) is 0 Å². The lowest BCUT2D eigenvalue weighted by molar-refractivity contribution is -0.0735. The van der Waals surface area contributed by atoms with Gasteiger partial charge in [0.15, 0.2) is 22.3 Å². The fourth-order valence-corrected chi connectivity index (χ4v) is 3.91. The molecule has 3 aliphatic rings. The summed E-state index contributed by atoms with van der Waals surface area (Å²) in [5.41, 5.74) is 0.773. The lowest BCUT2D eigenvalue weighted by Gasteiger charge is -2.52. The molecule has 1 aromatic rings. The second kappa shape index (κ2) is 4.01. The van der Waals surface area contributed by atoms with E-state index in [2.05, 4.69) is 23.2 Å². The summed E-state index contributed by atoms with van der Waals surface area (Å²) in [5.74, 6) is 1.65. The number of methoxy groups -OCH3 is 1. The fourth-order valence-electron chi connectivity index (χ4n) is 3.42. The van der Waals surface area contributed by atoms with Crippen LogP contribution in [0.25, 0.3) is 0 Å². The number of nitrogens with one attached hydrogen (secondary N) is 1. The molecule has 2 fully saturated rings. The van der Waals surface area contributed by atoms with Gasteiger partial charge in [-0.3, -0.25) is 0 Å². The second-order valence-corrected chi connectivity index (χ2v) is 6.35. The smallest absolute Gasteiger partial charge is 0.184 e. The molecule has 1 saturated heterocycles. The van der Waals surface area contributed by atoms with Gasteiger partial charge in [0.25, 0.3) is 0 Å². The van der Waals surface area contributed by atoms with Crippen LogP contribution >= 0.6 is 12.2 Å². The molecule has 1 aromatic carbocycles. The zero-order chi connectivity index (χ0) is 13.9. The number of thiocarbonyl (C=S) groups is 1. The van der Waals surface area contributed by atoms with E-state index in [9.17, 15) is 0 Å². The van der Waals surface area contributed by atoms with Gasteiger partial charge in [-0.05, 0) is 38.0 Å². The molecule has 2 unspecified atom stereocenters. The van der Waals surface area contributed by atoms with Gasteiger partial charge in [0.05, 0.1) is 13.2 Å². The Kier molecular flexibility index (Phi) is 2.46. The van der Waals surface area contributed by atoms with E-state index in [0.29, 0.717) is 6.04 Å². The van der Waals surface area contributed by atoms with Crippen LogP contribution in [-0.4, -0.2) is 28.9 Å². The minimum atomic E-state index is -0.365. The molecule has 2 atom stereocenters. The van der Waals surface area contributed by atoms with E-state index in [4.69, 9.17) is 21.7 Å². The van der Waals surface area contributed by atoms with Crippen molar-refractivity contribution in [2.75, 3.05) is 7.11 Å². The maximum absolute atomic E-state index is 6.37. The third-order valence-corrected chi connectivity index (χ3v) is 4.76. The molecule has 4 nitrogen and oxygen atoms in total. The minimum Gasteiger partial charge on any atom is -0.493 e. The number of benzene rings is 1. The zero-order valence-electron chi connectivity index (χ0n) is 11.7.